The number of aromatic nitrogens is 1. The number of sulfonamides is 1. The number of rotatable bonds is 11. The SMILES string of the molecule is CCn1cc2c3c(cc(C(=O)N[C@@H](Cc4ccccc4)[C@H](O)CNCc4cccc(OC(F)(F)F)c4)cc31)N(C)S(=O)(=O)CC2.O=CO. The van der Waals surface area contributed by atoms with E-state index < -0.39 is 34.4 Å². The average Bonchev–Trinajstić information content (AvgIpc) is 3.36. The third-order valence-electron chi connectivity index (χ3n) is 7.92. The van der Waals surface area contributed by atoms with E-state index in [1.54, 1.807) is 18.2 Å². The van der Waals surface area contributed by atoms with Crippen LogP contribution in [0.5, 0.6) is 5.75 Å². The minimum absolute atomic E-state index is 0.0233. The van der Waals surface area contributed by atoms with Gasteiger partial charge in [-0.2, -0.15) is 0 Å². The van der Waals surface area contributed by atoms with E-state index in [4.69, 9.17) is 9.90 Å². The van der Waals surface area contributed by atoms with Crippen molar-refractivity contribution in [2.24, 2.45) is 0 Å². The van der Waals surface area contributed by atoms with Gasteiger partial charge in [-0.3, -0.25) is 13.9 Å². The van der Waals surface area contributed by atoms with E-state index in [-0.39, 0.29) is 36.6 Å². The molecule has 3 aromatic carbocycles. The lowest BCUT2D eigenvalue weighted by atomic mass is 9.99. The van der Waals surface area contributed by atoms with E-state index in [0.29, 0.717) is 30.6 Å². The van der Waals surface area contributed by atoms with Crippen molar-refractivity contribution in [2.45, 2.75) is 51.4 Å². The highest BCUT2D eigenvalue weighted by Crippen LogP contribution is 2.37. The molecule has 1 aliphatic rings. The minimum Gasteiger partial charge on any atom is -0.483 e. The number of nitrogens with one attached hydrogen (secondary N) is 2. The Morgan fingerprint density at radius 1 is 1.08 bits per heavy atom. The predicted octanol–water partition coefficient (Wildman–Crippen LogP) is 4.07. The average molecular weight is 691 g/mol. The Morgan fingerprint density at radius 3 is 2.44 bits per heavy atom. The molecule has 0 radical (unpaired) electrons. The molecule has 1 aromatic heterocycles. The van der Waals surface area contributed by atoms with Gasteiger partial charge >= 0.3 is 6.36 Å². The van der Waals surface area contributed by atoms with E-state index in [9.17, 15) is 31.5 Å². The quantitative estimate of drug-likeness (QED) is 0.172. The van der Waals surface area contributed by atoms with Crippen LogP contribution in [0, 0.1) is 0 Å². The molecule has 11 nitrogen and oxygen atoms in total. The zero-order valence-electron chi connectivity index (χ0n) is 26.3. The van der Waals surface area contributed by atoms with Gasteiger partial charge in [-0.1, -0.05) is 42.5 Å². The number of carboxylic acid groups (broad SMARTS) is 1. The Labute approximate surface area is 276 Å². The summed E-state index contributed by atoms with van der Waals surface area (Å²) in [4.78, 5) is 22.1. The molecule has 0 bridgehead atoms. The number of ether oxygens (including phenoxy) is 1. The number of anilines is 1. The van der Waals surface area contributed by atoms with Crippen LogP contribution in [0.1, 0.15) is 34.0 Å². The molecular formula is C33H37F3N4O7S. The molecule has 2 heterocycles. The molecule has 15 heteroatoms. The molecular weight excluding hydrogens is 653 g/mol. The third-order valence-corrected chi connectivity index (χ3v) is 9.67. The molecule has 0 unspecified atom stereocenters. The van der Waals surface area contributed by atoms with Crippen LogP contribution in [0.3, 0.4) is 0 Å². The number of alkyl halides is 3. The zero-order chi connectivity index (χ0) is 35.1. The molecule has 258 valence electrons. The molecule has 5 rings (SSSR count). The van der Waals surface area contributed by atoms with E-state index in [0.717, 1.165) is 22.0 Å². The van der Waals surface area contributed by atoms with Crippen LogP contribution in [-0.4, -0.2) is 73.4 Å². The summed E-state index contributed by atoms with van der Waals surface area (Å²) in [5.74, 6) is -0.866. The highest BCUT2D eigenvalue weighted by atomic mass is 32.2. The van der Waals surface area contributed by atoms with Gasteiger partial charge in [-0.15, -0.1) is 13.2 Å². The fourth-order valence-corrected chi connectivity index (χ4v) is 6.80. The Morgan fingerprint density at radius 2 is 1.77 bits per heavy atom. The number of aliphatic hydroxyl groups is 1. The minimum atomic E-state index is -4.81. The van der Waals surface area contributed by atoms with Crippen molar-refractivity contribution in [3.63, 3.8) is 0 Å². The van der Waals surface area contributed by atoms with Crippen molar-refractivity contribution in [1.29, 1.82) is 0 Å². The van der Waals surface area contributed by atoms with Gasteiger partial charge in [0.1, 0.15) is 5.75 Å². The first kappa shape index (κ1) is 36.2. The van der Waals surface area contributed by atoms with Crippen LogP contribution in [0.2, 0.25) is 0 Å². The summed E-state index contributed by atoms with van der Waals surface area (Å²) in [6, 6.07) is 17.4. The lowest BCUT2D eigenvalue weighted by Crippen LogP contribution is -2.48. The van der Waals surface area contributed by atoms with Gasteiger partial charge in [-0.05, 0) is 60.7 Å². The van der Waals surface area contributed by atoms with Crippen molar-refractivity contribution < 1.29 is 46.1 Å². The van der Waals surface area contributed by atoms with Gasteiger partial charge < -0.3 is 30.2 Å². The third kappa shape index (κ3) is 9.05. The molecule has 0 aliphatic carbocycles. The van der Waals surface area contributed by atoms with Crippen LogP contribution in [0.15, 0.2) is 72.9 Å². The lowest BCUT2D eigenvalue weighted by Gasteiger charge is -2.25. The van der Waals surface area contributed by atoms with Crippen molar-refractivity contribution >= 4 is 39.0 Å². The summed E-state index contributed by atoms with van der Waals surface area (Å²) in [5, 5.41) is 24.9. The number of carbonyl (C=O) groups is 2. The van der Waals surface area contributed by atoms with Crippen molar-refractivity contribution in [3.8, 4) is 5.75 Å². The fraction of sp³-hybridized carbons (Fsp3) is 0.333. The number of halogens is 3. The first-order chi connectivity index (χ1) is 22.8. The summed E-state index contributed by atoms with van der Waals surface area (Å²) in [6.45, 7) is 2.52. The first-order valence-electron chi connectivity index (χ1n) is 15.0. The highest BCUT2D eigenvalue weighted by Gasteiger charge is 2.32. The lowest BCUT2D eigenvalue weighted by molar-refractivity contribution is -0.274. The topological polar surface area (TPSA) is 150 Å². The number of aliphatic hydroxyl groups excluding tert-OH is 1. The summed E-state index contributed by atoms with van der Waals surface area (Å²) in [6.07, 6.45) is -3.29. The smallest absolute Gasteiger partial charge is 0.483 e. The highest BCUT2D eigenvalue weighted by molar-refractivity contribution is 7.92. The first-order valence-corrected chi connectivity index (χ1v) is 16.7. The van der Waals surface area contributed by atoms with E-state index in [1.165, 1.54) is 29.6 Å². The number of carbonyl (C=O) groups excluding carboxylic acids is 1. The molecule has 48 heavy (non-hydrogen) atoms. The Balaban J connectivity index is 0.00000167. The monoisotopic (exact) mass is 690 g/mol. The summed E-state index contributed by atoms with van der Waals surface area (Å²) < 4.78 is 70.9. The summed E-state index contributed by atoms with van der Waals surface area (Å²) >= 11 is 0. The van der Waals surface area contributed by atoms with Gasteiger partial charge in [0.2, 0.25) is 10.0 Å². The Bertz CT molecular complexity index is 1830. The van der Waals surface area contributed by atoms with Crippen LogP contribution < -0.4 is 19.7 Å². The molecule has 0 saturated heterocycles. The predicted molar refractivity (Wildman–Crippen MR) is 174 cm³/mol. The second-order valence-corrected chi connectivity index (χ2v) is 13.3. The van der Waals surface area contributed by atoms with Crippen molar-refractivity contribution in [3.05, 3.63) is 95.2 Å². The Hall–Kier alpha value is -4.60. The maximum absolute atomic E-state index is 13.8. The maximum Gasteiger partial charge on any atom is 0.573 e. The number of hydrogen-bond acceptors (Lipinski definition) is 7. The van der Waals surface area contributed by atoms with Gasteiger partial charge in [0.15, 0.2) is 0 Å². The Kier molecular flexibility index (Phi) is 11.7. The number of aryl methyl sites for hydroxylation is 2. The van der Waals surface area contributed by atoms with Gasteiger partial charge in [0.05, 0.1) is 29.1 Å². The molecule has 4 aromatic rings. The van der Waals surface area contributed by atoms with Crippen LogP contribution in [0.25, 0.3) is 10.9 Å². The number of hydrogen-bond donors (Lipinski definition) is 4. The van der Waals surface area contributed by atoms with Crippen LogP contribution in [-0.2, 0) is 40.7 Å². The van der Waals surface area contributed by atoms with Crippen molar-refractivity contribution in [2.75, 3.05) is 23.7 Å². The second kappa shape index (κ2) is 15.5. The molecule has 1 aliphatic heterocycles. The number of amides is 1. The standard InChI is InChI=1S/C32H35F3N4O5S.CH2O2/c1-3-39-20-23-12-13-45(42,43)38(2)27-16-24(17-28(39)30(23)27)31(41)37-26(15-21-8-5-4-6-9-21)29(40)19-36-18-22-10-7-11-25(14-22)44-32(33,34)35;2-1-3/h4-11,14,16-17,20,26,29,36,40H,3,12-13,15,18-19H2,1-2H3,(H,37,41);1H,(H,2,3)/t26-,29+;/m0./s1. The second-order valence-electron chi connectivity index (χ2n) is 11.1. The molecule has 4 N–H and O–H groups in total. The maximum atomic E-state index is 13.8. The number of nitrogens with zero attached hydrogens (tertiary/aromatic N) is 2. The van der Waals surface area contributed by atoms with Crippen LogP contribution in [0.4, 0.5) is 18.9 Å². The van der Waals surface area contributed by atoms with Gasteiger partial charge in [0, 0.05) is 43.8 Å². The van der Waals surface area contributed by atoms with Gasteiger partial charge in [-0.25, -0.2) is 8.42 Å². The van der Waals surface area contributed by atoms with Crippen molar-refractivity contribution in [1.82, 2.24) is 15.2 Å². The summed E-state index contributed by atoms with van der Waals surface area (Å²) in [7, 11) is -2.10. The van der Waals surface area contributed by atoms with Crippen LogP contribution >= 0.6 is 0 Å². The summed E-state index contributed by atoms with van der Waals surface area (Å²) in [5.41, 5.74) is 3.72. The molecule has 0 saturated carbocycles. The van der Waals surface area contributed by atoms with E-state index >= 15 is 0 Å². The number of benzene rings is 3. The van der Waals surface area contributed by atoms with Gasteiger partial charge in [0.25, 0.3) is 12.4 Å². The molecule has 2 atom stereocenters. The molecule has 0 spiro atoms. The molecule has 0 fully saturated rings. The fourth-order valence-electron chi connectivity index (χ4n) is 5.61. The molecule has 1 amide bonds. The van der Waals surface area contributed by atoms with E-state index in [1.807, 2.05) is 48.0 Å². The largest absolute Gasteiger partial charge is 0.573 e. The van der Waals surface area contributed by atoms with E-state index in [2.05, 4.69) is 15.4 Å². The normalized spacial score (nSPS) is 15.1. The zero-order valence-corrected chi connectivity index (χ0v) is 27.1.